The minimum absolute atomic E-state index is 0.0630. The molecule has 2 aromatic heterocycles. The molecule has 53 heavy (non-hydrogen) atoms. The van der Waals surface area contributed by atoms with Gasteiger partial charge in [0.1, 0.15) is 0 Å². The zero-order valence-corrected chi connectivity index (χ0v) is 29.6. The van der Waals surface area contributed by atoms with E-state index in [2.05, 4.69) is 184 Å². The van der Waals surface area contributed by atoms with Crippen molar-refractivity contribution in [1.82, 2.24) is 9.97 Å². The zero-order valence-electron chi connectivity index (χ0n) is 29.6. The highest BCUT2D eigenvalue weighted by atomic mass is 14.9. The largest absolute Gasteiger partial charge is 0.228 e. The molecule has 0 amide bonds. The molecule has 0 atom stereocenters. The van der Waals surface area contributed by atoms with Gasteiger partial charge in [0.15, 0.2) is 5.65 Å². The second-order valence-corrected chi connectivity index (χ2v) is 14.9. The van der Waals surface area contributed by atoms with Crippen LogP contribution >= 0.6 is 0 Å². The molecule has 0 fully saturated rings. The summed E-state index contributed by atoms with van der Waals surface area (Å²) in [5, 5.41) is 11.3. The third-order valence-corrected chi connectivity index (χ3v) is 11.6. The van der Waals surface area contributed by atoms with E-state index in [-0.39, 0.29) is 5.41 Å². The fourth-order valence-electron chi connectivity index (χ4n) is 9.04. The van der Waals surface area contributed by atoms with Gasteiger partial charge in [0, 0.05) is 21.9 Å². The molecule has 0 N–H and O–H groups in total. The number of nitrogens with zero attached hydrogens (tertiary/aromatic N) is 2. The Labute approximate surface area is 308 Å². The standard InChI is InChI=1S/C51H34N2/c1-51(2)45-21-10-9-18-39(45)40-25-22-34(29-46(40)51)48-27-24-31-23-26-47(52-50(31)53-48)33-13-11-12-32(28-33)43-30-44-37-16-4-3-14-35(37)36-15-5-7-19-41(36)49(44)42-20-8-6-17-38(42)43/h3-30H,1-2H3. The lowest BCUT2D eigenvalue weighted by Gasteiger charge is -2.21. The fraction of sp³-hybridized carbons (Fsp3) is 0.0588. The predicted octanol–water partition coefficient (Wildman–Crippen LogP) is 13.5. The molecule has 0 spiro atoms. The first-order valence-corrected chi connectivity index (χ1v) is 18.4. The van der Waals surface area contributed by atoms with Gasteiger partial charge in [0.05, 0.1) is 11.4 Å². The summed E-state index contributed by atoms with van der Waals surface area (Å²) in [5.41, 5.74) is 12.5. The normalized spacial score (nSPS) is 13.2. The van der Waals surface area contributed by atoms with Crippen molar-refractivity contribution in [3.8, 4) is 44.8 Å². The van der Waals surface area contributed by atoms with E-state index >= 15 is 0 Å². The van der Waals surface area contributed by atoms with Gasteiger partial charge in [0.25, 0.3) is 0 Å². The van der Waals surface area contributed by atoms with Crippen molar-refractivity contribution >= 4 is 54.1 Å². The number of pyridine rings is 2. The van der Waals surface area contributed by atoms with Crippen LogP contribution in [0.15, 0.2) is 170 Å². The molecule has 0 aliphatic heterocycles. The highest BCUT2D eigenvalue weighted by Crippen LogP contribution is 2.49. The van der Waals surface area contributed by atoms with E-state index in [1.807, 2.05) is 0 Å². The molecule has 2 heterocycles. The molecule has 10 aromatic rings. The zero-order chi connectivity index (χ0) is 35.3. The Hall–Kier alpha value is -6.64. The van der Waals surface area contributed by atoms with Gasteiger partial charge in [-0.25, -0.2) is 9.97 Å². The number of rotatable bonds is 3. The third-order valence-electron chi connectivity index (χ3n) is 11.6. The Morgan fingerprint density at radius 2 is 0.906 bits per heavy atom. The number of benzene rings is 8. The van der Waals surface area contributed by atoms with Crippen molar-refractivity contribution in [1.29, 1.82) is 0 Å². The van der Waals surface area contributed by atoms with E-state index < -0.39 is 0 Å². The smallest absolute Gasteiger partial charge is 0.160 e. The number of aromatic nitrogens is 2. The SMILES string of the molecule is CC1(C)c2ccccc2-c2ccc(-c3ccc4ccc(-c5cccc(-c6cc7c8ccccc8c8ccccc8c7c7ccccc67)c5)nc4n3)cc21. The molecule has 0 saturated heterocycles. The van der Waals surface area contributed by atoms with E-state index in [4.69, 9.17) is 9.97 Å². The minimum Gasteiger partial charge on any atom is -0.228 e. The number of hydrogen-bond donors (Lipinski definition) is 0. The van der Waals surface area contributed by atoms with E-state index in [9.17, 15) is 0 Å². The summed E-state index contributed by atoms with van der Waals surface area (Å²) in [4.78, 5) is 10.3. The molecule has 0 bridgehead atoms. The molecule has 0 saturated carbocycles. The summed E-state index contributed by atoms with van der Waals surface area (Å²) in [7, 11) is 0. The van der Waals surface area contributed by atoms with Gasteiger partial charge in [-0.1, -0.05) is 141 Å². The minimum atomic E-state index is -0.0630. The van der Waals surface area contributed by atoms with E-state index in [0.29, 0.717) is 0 Å². The Morgan fingerprint density at radius 1 is 0.358 bits per heavy atom. The summed E-state index contributed by atoms with van der Waals surface area (Å²) >= 11 is 0. The quantitative estimate of drug-likeness (QED) is 0.174. The van der Waals surface area contributed by atoms with Crippen LogP contribution in [0.1, 0.15) is 25.0 Å². The van der Waals surface area contributed by atoms with E-state index in [1.165, 1.54) is 76.5 Å². The molecule has 8 aromatic carbocycles. The lowest BCUT2D eigenvalue weighted by atomic mass is 9.82. The van der Waals surface area contributed by atoms with E-state index in [1.54, 1.807) is 0 Å². The third kappa shape index (κ3) is 4.45. The second-order valence-electron chi connectivity index (χ2n) is 14.9. The molecule has 2 heteroatoms. The van der Waals surface area contributed by atoms with E-state index in [0.717, 1.165) is 33.5 Å². The molecule has 1 aliphatic rings. The maximum Gasteiger partial charge on any atom is 0.160 e. The summed E-state index contributed by atoms with van der Waals surface area (Å²) in [6.07, 6.45) is 0. The first kappa shape index (κ1) is 30.0. The molecular formula is C51H34N2. The van der Waals surface area contributed by atoms with Gasteiger partial charge in [-0.2, -0.15) is 0 Å². The molecule has 0 radical (unpaired) electrons. The van der Waals surface area contributed by atoms with Gasteiger partial charge < -0.3 is 0 Å². The van der Waals surface area contributed by atoms with Crippen molar-refractivity contribution in [3.05, 3.63) is 181 Å². The average Bonchev–Trinajstić information content (AvgIpc) is 3.45. The monoisotopic (exact) mass is 674 g/mol. The summed E-state index contributed by atoms with van der Waals surface area (Å²) in [6, 6.07) is 61.8. The first-order chi connectivity index (χ1) is 26.0. The van der Waals surface area contributed by atoms with Gasteiger partial charge >= 0.3 is 0 Å². The first-order valence-electron chi connectivity index (χ1n) is 18.4. The lowest BCUT2D eigenvalue weighted by Crippen LogP contribution is -2.14. The highest BCUT2D eigenvalue weighted by Gasteiger charge is 2.35. The molecule has 0 unspecified atom stereocenters. The Balaban J connectivity index is 1.04. The van der Waals surface area contributed by atoms with Crippen LogP contribution in [0.5, 0.6) is 0 Å². The molecule has 2 nitrogen and oxygen atoms in total. The van der Waals surface area contributed by atoms with Crippen LogP contribution in [0.25, 0.3) is 98.9 Å². The maximum absolute atomic E-state index is 5.18. The topological polar surface area (TPSA) is 25.8 Å². The Morgan fingerprint density at radius 3 is 1.64 bits per heavy atom. The molecule has 248 valence electrons. The van der Waals surface area contributed by atoms with Crippen molar-refractivity contribution in [2.75, 3.05) is 0 Å². The van der Waals surface area contributed by atoms with Gasteiger partial charge in [0.2, 0.25) is 0 Å². The highest BCUT2D eigenvalue weighted by molar-refractivity contribution is 6.33. The van der Waals surface area contributed by atoms with Crippen molar-refractivity contribution in [2.45, 2.75) is 19.3 Å². The second kappa shape index (κ2) is 11.2. The van der Waals surface area contributed by atoms with Gasteiger partial charge in [-0.15, -0.1) is 0 Å². The van der Waals surface area contributed by atoms with Crippen LogP contribution in [-0.2, 0) is 5.41 Å². The average molecular weight is 675 g/mol. The predicted molar refractivity (Wildman–Crippen MR) is 223 cm³/mol. The van der Waals surface area contributed by atoms with Crippen molar-refractivity contribution in [3.63, 3.8) is 0 Å². The van der Waals surface area contributed by atoms with Crippen LogP contribution in [0, 0.1) is 0 Å². The molecular weight excluding hydrogens is 641 g/mol. The van der Waals surface area contributed by atoms with Gasteiger partial charge in [-0.3, -0.25) is 0 Å². The van der Waals surface area contributed by atoms with Crippen molar-refractivity contribution in [2.24, 2.45) is 0 Å². The lowest BCUT2D eigenvalue weighted by molar-refractivity contribution is 0.660. The van der Waals surface area contributed by atoms with Crippen LogP contribution in [0.3, 0.4) is 0 Å². The number of fused-ring (bicyclic) bond motifs is 12. The van der Waals surface area contributed by atoms with Crippen molar-refractivity contribution < 1.29 is 0 Å². The van der Waals surface area contributed by atoms with Crippen LogP contribution < -0.4 is 0 Å². The maximum atomic E-state index is 5.18. The summed E-state index contributed by atoms with van der Waals surface area (Å²) < 4.78 is 0. The molecule has 11 rings (SSSR count). The summed E-state index contributed by atoms with van der Waals surface area (Å²) in [6.45, 7) is 4.64. The number of hydrogen-bond acceptors (Lipinski definition) is 2. The Kier molecular flexibility index (Phi) is 6.33. The van der Waals surface area contributed by atoms with Gasteiger partial charge in [-0.05, 0) is 119 Å². The van der Waals surface area contributed by atoms with Crippen LogP contribution in [0.4, 0.5) is 0 Å². The fourth-order valence-corrected chi connectivity index (χ4v) is 9.04. The van der Waals surface area contributed by atoms with Crippen LogP contribution in [0.2, 0.25) is 0 Å². The van der Waals surface area contributed by atoms with Crippen LogP contribution in [-0.4, -0.2) is 9.97 Å². The summed E-state index contributed by atoms with van der Waals surface area (Å²) in [5.74, 6) is 0. The Bertz CT molecular complexity index is 3150. The molecule has 1 aliphatic carbocycles.